The highest BCUT2D eigenvalue weighted by atomic mass is 16.5. The summed E-state index contributed by atoms with van der Waals surface area (Å²) in [5, 5.41) is 24.1. The molecule has 0 aliphatic heterocycles. The molecule has 62 heavy (non-hydrogen) atoms. The van der Waals surface area contributed by atoms with Crippen LogP contribution in [0.2, 0.25) is 0 Å². The van der Waals surface area contributed by atoms with E-state index in [0.717, 1.165) is 0 Å². The first-order valence-electron chi connectivity index (χ1n) is 19.4. The Balaban J connectivity index is 1.33. The Morgan fingerprint density at radius 3 is 1.18 bits per heavy atom. The topological polar surface area (TPSA) is 163 Å². The second kappa shape index (κ2) is 15.3. The largest absolute Gasteiger partial charge is 0.506 e. The first-order valence-corrected chi connectivity index (χ1v) is 19.4. The molecule has 9 rings (SSSR count). The quantitative estimate of drug-likeness (QED) is 0.111. The molecule has 9 aromatic rings. The van der Waals surface area contributed by atoms with Gasteiger partial charge in [-0.3, -0.25) is 0 Å². The number of hydrogen-bond acceptors (Lipinski definition) is 10. The van der Waals surface area contributed by atoms with E-state index in [1.807, 2.05) is 60.7 Å². The molecule has 0 radical (unpaired) electrons. The number of rotatable bonds is 8. The third kappa shape index (κ3) is 6.07. The number of fused-ring (bicyclic) bond motifs is 2. The van der Waals surface area contributed by atoms with Gasteiger partial charge in [-0.15, -0.1) is 0 Å². The van der Waals surface area contributed by atoms with Crippen LogP contribution in [0.25, 0.3) is 78.1 Å². The summed E-state index contributed by atoms with van der Waals surface area (Å²) in [5.41, 5.74) is 2.53. The van der Waals surface area contributed by atoms with Gasteiger partial charge < -0.3 is 37.7 Å². The zero-order chi connectivity index (χ0) is 43.4. The highest BCUT2D eigenvalue weighted by Gasteiger charge is 2.35. The van der Waals surface area contributed by atoms with Gasteiger partial charge in [0.05, 0.1) is 47.5 Å². The molecule has 12 heteroatoms. The number of aromatic nitrogens is 2. The van der Waals surface area contributed by atoms with Crippen molar-refractivity contribution in [2.45, 2.75) is 13.8 Å². The Bertz CT molecular complexity index is 3150. The second-order valence-corrected chi connectivity index (χ2v) is 14.5. The zero-order valence-electron chi connectivity index (χ0n) is 33.8. The van der Waals surface area contributed by atoms with Crippen LogP contribution in [0.4, 0.5) is 0 Å². The summed E-state index contributed by atoms with van der Waals surface area (Å²) >= 11 is 0. The van der Waals surface area contributed by atoms with E-state index in [9.17, 15) is 29.4 Å². The summed E-state index contributed by atoms with van der Waals surface area (Å²) in [6.45, 7) is 3.44. The molecular formula is C50H36N2O10. The monoisotopic (exact) mass is 824 g/mol. The lowest BCUT2D eigenvalue weighted by atomic mass is 9.96. The summed E-state index contributed by atoms with van der Waals surface area (Å²) in [5.74, 6) is -2.19. The summed E-state index contributed by atoms with van der Waals surface area (Å²) < 4.78 is 25.6. The predicted octanol–water partition coefficient (Wildman–Crippen LogP) is 9.75. The molecule has 4 heterocycles. The lowest BCUT2D eigenvalue weighted by Gasteiger charge is -2.17. The number of aromatic hydroxyl groups is 2. The van der Waals surface area contributed by atoms with Gasteiger partial charge >= 0.3 is 23.2 Å². The molecule has 0 bridgehead atoms. The molecule has 306 valence electrons. The van der Waals surface area contributed by atoms with E-state index in [4.69, 9.17) is 18.3 Å². The van der Waals surface area contributed by atoms with E-state index in [1.165, 1.54) is 14.2 Å². The number of methoxy groups -OCH3 is 2. The summed E-state index contributed by atoms with van der Waals surface area (Å²) in [7, 11) is 2.48. The number of benzene rings is 5. The van der Waals surface area contributed by atoms with Gasteiger partial charge in [0.15, 0.2) is 0 Å². The summed E-state index contributed by atoms with van der Waals surface area (Å²) in [6.07, 6.45) is 0. The van der Waals surface area contributed by atoms with Gasteiger partial charge in [0, 0.05) is 33.9 Å². The van der Waals surface area contributed by atoms with Crippen LogP contribution < -0.4 is 11.3 Å². The number of para-hydroxylation sites is 2. The molecule has 0 spiro atoms. The van der Waals surface area contributed by atoms with Crippen LogP contribution in [-0.2, 0) is 9.47 Å². The van der Waals surface area contributed by atoms with Gasteiger partial charge in [-0.2, -0.15) is 0 Å². The van der Waals surface area contributed by atoms with E-state index >= 15 is 0 Å². The molecular weight excluding hydrogens is 789 g/mol. The van der Waals surface area contributed by atoms with Crippen LogP contribution in [0, 0.1) is 13.8 Å². The van der Waals surface area contributed by atoms with Crippen molar-refractivity contribution in [3.8, 4) is 67.6 Å². The van der Waals surface area contributed by atoms with Crippen LogP contribution in [-0.4, -0.2) is 45.5 Å². The highest BCUT2D eigenvalue weighted by molar-refractivity contribution is 6.08. The maximum atomic E-state index is 13.9. The normalized spacial score (nSPS) is 11.3. The predicted molar refractivity (Wildman–Crippen MR) is 234 cm³/mol. The van der Waals surface area contributed by atoms with Gasteiger partial charge in [-0.25, -0.2) is 19.2 Å². The first kappa shape index (κ1) is 39.1. The van der Waals surface area contributed by atoms with Crippen molar-refractivity contribution in [1.82, 2.24) is 9.13 Å². The average molecular weight is 825 g/mol. The van der Waals surface area contributed by atoms with Crippen LogP contribution in [0.5, 0.6) is 11.5 Å². The van der Waals surface area contributed by atoms with Crippen molar-refractivity contribution < 1.29 is 38.1 Å². The maximum absolute atomic E-state index is 13.9. The van der Waals surface area contributed by atoms with E-state index < -0.39 is 23.2 Å². The fourth-order valence-electron chi connectivity index (χ4n) is 8.41. The van der Waals surface area contributed by atoms with Gasteiger partial charge in [-0.05, 0) is 73.5 Å². The Kier molecular flexibility index (Phi) is 9.67. The Labute approximate surface area is 352 Å². The van der Waals surface area contributed by atoms with Gasteiger partial charge in [0.2, 0.25) is 0 Å². The van der Waals surface area contributed by atoms with Crippen molar-refractivity contribution in [2.24, 2.45) is 0 Å². The fourth-order valence-corrected chi connectivity index (χ4v) is 8.41. The smallest absolute Gasteiger partial charge is 0.348 e. The minimum Gasteiger partial charge on any atom is -0.506 e. The Hall–Kier alpha value is -8.38. The Morgan fingerprint density at radius 2 is 0.823 bits per heavy atom. The molecule has 0 saturated heterocycles. The highest BCUT2D eigenvalue weighted by Crippen LogP contribution is 2.47. The lowest BCUT2D eigenvalue weighted by molar-refractivity contribution is 0.0591. The zero-order valence-corrected chi connectivity index (χ0v) is 33.8. The minimum atomic E-state index is -0.851. The van der Waals surface area contributed by atoms with Gasteiger partial charge in [0.25, 0.3) is 0 Å². The van der Waals surface area contributed by atoms with Crippen molar-refractivity contribution in [2.75, 3.05) is 14.2 Å². The number of ether oxygens (including phenoxy) is 2. The van der Waals surface area contributed by atoms with E-state index in [1.54, 1.807) is 95.8 Å². The number of carbonyl (C=O) groups excluding carboxylic acids is 2. The minimum absolute atomic E-state index is 0.0438. The van der Waals surface area contributed by atoms with Gasteiger partial charge in [0.1, 0.15) is 33.8 Å². The second-order valence-electron chi connectivity index (χ2n) is 14.5. The molecule has 12 nitrogen and oxygen atoms in total. The van der Waals surface area contributed by atoms with Crippen molar-refractivity contribution >= 4 is 33.9 Å². The molecule has 0 aliphatic carbocycles. The molecule has 2 N–H and O–H groups in total. The van der Waals surface area contributed by atoms with Crippen LogP contribution in [0.1, 0.15) is 32.1 Å². The van der Waals surface area contributed by atoms with Crippen LogP contribution in [0.15, 0.2) is 152 Å². The first-order chi connectivity index (χ1) is 30.0. The van der Waals surface area contributed by atoms with Crippen LogP contribution >= 0.6 is 0 Å². The number of esters is 2. The molecule has 0 aliphatic rings. The molecule has 4 aromatic heterocycles. The van der Waals surface area contributed by atoms with Crippen molar-refractivity contribution in [3.63, 3.8) is 0 Å². The molecule has 0 fully saturated rings. The number of nitrogens with zero attached hydrogens (tertiary/aromatic N) is 2. The third-order valence-corrected chi connectivity index (χ3v) is 11.1. The standard InChI is InChI=1S/C50H36N2O10/c1-27-37(47(55)59-3)39(41-45(53)33-19-11-13-21-35(33)61-49(41)57)43(29-15-7-5-8-16-29)51(27)31-23-25-32(26-24-31)52-28(2)38(48(56)60-4)40(44(52)30-17-9-6-10-18-30)42-46(54)34-20-12-14-22-36(34)62-50(42)58/h5-26,53-54H,1-4H3. The number of hydrogen-bond donors (Lipinski definition) is 2. The van der Waals surface area contributed by atoms with E-state index in [-0.39, 0.29) is 66.8 Å². The molecule has 0 unspecified atom stereocenters. The molecule has 0 atom stereocenters. The number of carbonyl (C=O) groups is 2. The van der Waals surface area contributed by atoms with E-state index in [0.29, 0.717) is 45.3 Å². The fraction of sp³-hybridized carbons (Fsp3) is 0.0800. The average Bonchev–Trinajstić information content (AvgIpc) is 3.76. The van der Waals surface area contributed by atoms with E-state index in [2.05, 4.69) is 0 Å². The summed E-state index contributed by atoms with van der Waals surface area (Å²) in [6, 6.07) is 38.6. The third-order valence-electron chi connectivity index (χ3n) is 11.1. The molecule has 0 amide bonds. The Morgan fingerprint density at radius 1 is 0.484 bits per heavy atom. The van der Waals surface area contributed by atoms with Crippen molar-refractivity contribution in [3.05, 3.63) is 177 Å². The van der Waals surface area contributed by atoms with Gasteiger partial charge in [-0.1, -0.05) is 84.9 Å². The lowest BCUT2D eigenvalue weighted by Crippen LogP contribution is -2.09. The van der Waals surface area contributed by atoms with Crippen LogP contribution in [0.3, 0.4) is 0 Å². The molecule has 0 saturated carbocycles. The summed E-state index contributed by atoms with van der Waals surface area (Å²) in [4.78, 5) is 55.4. The SMILES string of the molecule is COC(=O)c1c(-c2c(O)c3ccccc3oc2=O)c(-c2ccccc2)n(-c2ccc(-n3c(C)c(C(=O)OC)c(-c4c(O)c5ccccc5oc4=O)c3-c3ccccc3)cc2)c1C. The molecule has 5 aromatic carbocycles. The maximum Gasteiger partial charge on any atom is 0.348 e. The van der Waals surface area contributed by atoms with Crippen molar-refractivity contribution in [1.29, 1.82) is 0 Å².